The average molecular weight is 328 g/mol. The normalized spacial score (nSPS) is 12.4. The lowest BCUT2D eigenvalue weighted by Crippen LogP contribution is -2.23. The summed E-state index contributed by atoms with van der Waals surface area (Å²) >= 11 is 7.74. The number of hydrogen-bond acceptors (Lipinski definition) is 2. The summed E-state index contributed by atoms with van der Waals surface area (Å²) < 4.78 is 26.3. The Kier molecular flexibility index (Phi) is 6.03. The molecule has 5 heteroatoms. The van der Waals surface area contributed by atoms with E-state index in [0.717, 1.165) is 17.0 Å². The maximum atomic E-state index is 13.4. The SMILES string of the molecule is CCNC(CSc1ccc(F)cc1)c1cc(F)ccc1Cl. The van der Waals surface area contributed by atoms with E-state index in [1.165, 1.54) is 24.3 Å². The van der Waals surface area contributed by atoms with Crippen molar-refractivity contribution in [1.82, 2.24) is 5.32 Å². The number of rotatable bonds is 6. The molecule has 1 unspecified atom stereocenters. The number of benzene rings is 2. The summed E-state index contributed by atoms with van der Waals surface area (Å²) in [5.41, 5.74) is 0.744. The van der Waals surface area contributed by atoms with Gasteiger partial charge in [0.2, 0.25) is 0 Å². The molecule has 0 aliphatic carbocycles. The van der Waals surface area contributed by atoms with E-state index >= 15 is 0 Å². The third kappa shape index (κ3) is 4.70. The molecule has 0 fully saturated rings. The Morgan fingerprint density at radius 2 is 1.76 bits per heavy atom. The van der Waals surface area contributed by atoms with Gasteiger partial charge in [0.05, 0.1) is 0 Å². The molecule has 0 radical (unpaired) electrons. The van der Waals surface area contributed by atoms with Gasteiger partial charge in [-0.3, -0.25) is 0 Å². The smallest absolute Gasteiger partial charge is 0.123 e. The second-order valence-electron chi connectivity index (χ2n) is 4.54. The minimum absolute atomic E-state index is 0.0618. The lowest BCUT2D eigenvalue weighted by atomic mass is 10.1. The molecular formula is C16H16ClF2NS. The summed E-state index contributed by atoms with van der Waals surface area (Å²) in [7, 11) is 0. The number of halogens is 3. The monoisotopic (exact) mass is 327 g/mol. The summed E-state index contributed by atoms with van der Waals surface area (Å²) in [6, 6.07) is 10.6. The standard InChI is InChI=1S/C16H16ClF2NS/c1-2-20-16(14-9-12(19)5-8-15(14)17)10-21-13-6-3-11(18)4-7-13/h3-9,16,20H,2,10H2,1H3. The lowest BCUT2D eigenvalue weighted by molar-refractivity contribution is 0.588. The molecule has 2 aromatic rings. The highest BCUT2D eigenvalue weighted by Gasteiger charge is 2.15. The van der Waals surface area contributed by atoms with Crippen molar-refractivity contribution >= 4 is 23.4 Å². The van der Waals surface area contributed by atoms with Gasteiger partial charge in [-0.1, -0.05) is 18.5 Å². The van der Waals surface area contributed by atoms with Crippen molar-refractivity contribution in [3.8, 4) is 0 Å². The molecular weight excluding hydrogens is 312 g/mol. The molecule has 0 saturated heterocycles. The quantitative estimate of drug-likeness (QED) is 0.744. The summed E-state index contributed by atoms with van der Waals surface area (Å²) in [4.78, 5) is 0.965. The fourth-order valence-corrected chi connectivity index (χ4v) is 3.23. The van der Waals surface area contributed by atoms with Crippen LogP contribution in [0.15, 0.2) is 47.4 Å². The van der Waals surface area contributed by atoms with E-state index in [9.17, 15) is 8.78 Å². The third-order valence-corrected chi connectivity index (χ3v) is 4.46. The average Bonchev–Trinajstić information content (AvgIpc) is 2.48. The number of nitrogens with one attached hydrogen (secondary N) is 1. The lowest BCUT2D eigenvalue weighted by Gasteiger charge is -2.19. The van der Waals surface area contributed by atoms with Gasteiger partial charge >= 0.3 is 0 Å². The molecule has 0 saturated carbocycles. The largest absolute Gasteiger partial charge is 0.309 e. The third-order valence-electron chi connectivity index (χ3n) is 3.01. The van der Waals surface area contributed by atoms with Crippen LogP contribution in [-0.4, -0.2) is 12.3 Å². The molecule has 0 aliphatic heterocycles. The predicted octanol–water partition coefficient (Wildman–Crippen LogP) is 5.06. The molecule has 0 spiro atoms. The highest BCUT2D eigenvalue weighted by atomic mass is 35.5. The fraction of sp³-hybridized carbons (Fsp3) is 0.250. The molecule has 21 heavy (non-hydrogen) atoms. The molecule has 1 N–H and O–H groups in total. The second kappa shape index (κ2) is 7.78. The van der Waals surface area contributed by atoms with E-state index in [-0.39, 0.29) is 17.7 Å². The molecule has 2 aromatic carbocycles. The van der Waals surface area contributed by atoms with Crippen LogP contribution in [0.2, 0.25) is 5.02 Å². The van der Waals surface area contributed by atoms with Crippen LogP contribution in [0.3, 0.4) is 0 Å². The second-order valence-corrected chi connectivity index (χ2v) is 6.04. The van der Waals surface area contributed by atoms with Crippen molar-refractivity contribution < 1.29 is 8.78 Å². The Morgan fingerprint density at radius 3 is 2.43 bits per heavy atom. The van der Waals surface area contributed by atoms with E-state index in [1.807, 2.05) is 6.92 Å². The van der Waals surface area contributed by atoms with Crippen molar-refractivity contribution in [1.29, 1.82) is 0 Å². The minimum atomic E-state index is -0.302. The first-order valence-corrected chi connectivity index (χ1v) is 8.03. The summed E-state index contributed by atoms with van der Waals surface area (Å²) in [5.74, 6) is 0.127. The van der Waals surface area contributed by atoms with Crippen molar-refractivity contribution in [2.24, 2.45) is 0 Å². The van der Waals surface area contributed by atoms with Crippen LogP contribution in [0.4, 0.5) is 8.78 Å². The Labute approximate surface area is 132 Å². The van der Waals surface area contributed by atoms with Crippen molar-refractivity contribution in [3.63, 3.8) is 0 Å². The first kappa shape index (κ1) is 16.3. The number of thioether (sulfide) groups is 1. The molecule has 0 aliphatic rings. The highest BCUT2D eigenvalue weighted by molar-refractivity contribution is 7.99. The van der Waals surface area contributed by atoms with Crippen molar-refractivity contribution in [2.75, 3.05) is 12.3 Å². The van der Waals surface area contributed by atoms with Gasteiger partial charge in [0.15, 0.2) is 0 Å². The van der Waals surface area contributed by atoms with Crippen LogP contribution in [0.5, 0.6) is 0 Å². The molecule has 1 nitrogen and oxygen atoms in total. The zero-order valence-electron chi connectivity index (χ0n) is 11.6. The predicted molar refractivity (Wildman–Crippen MR) is 85.0 cm³/mol. The van der Waals surface area contributed by atoms with Crippen LogP contribution >= 0.6 is 23.4 Å². The maximum Gasteiger partial charge on any atom is 0.123 e. The molecule has 0 bridgehead atoms. The van der Waals surface area contributed by atoms with Gasteiger partial charge in [-0.15, -0.1) is 11.8 Å². The highest BCUT2D eigenvalue weighted by Crippen LogP contribution is 2.29. The molecule has 112 valence electrons. The van der Waals surface area contributed by atoms with Crippen LogP contribution in [0.1, 0.15) is 18.5 Å². The first-order valence-electron chi connectivity index (χ1n) is 6.67. The Morgan fingerprint density at radius 1 is 1.10 bits per heavy atom. The summed E-state index contributed by atoms with van der Waals surface area (Å²) in [6.07, 6.45) is 0. The van der Waals surface area contributed by atoms with Gasteiger partial charge in [-0.2, -0.15) is 0 Å². The van der Waals surface area contributed by atoms with Gasteiger partial charge in [0.25, 0.3) is 0 Å². The molecule has 1 atom stereocenters. The van der Waals surface area contributed by atoms with Crippen LogP contribution < -0.4 is 5.32 Å². The minimum Gasteiger partial charge on any atom is -0.309 e. The van der Waals surface area contributed by atoms with Crippen molar-refractivity contribution in [2.45, 2.75) is 17.9 Å². The summed E-state index contributed by atoms with van der Waals surface area (Å²) in [5, 5.41) is 3.85. The molecule has 0 aromatic heterocycles. The van der Waals surface area contributed by atoms with E-state index in [0.29, 0.717) is 10.8 Å². The number of hydrogen-bond donors (Lipinski definition) is 1. The Balaban J connectivity index is 2.11. The molecule has 0 amide bonds. The van der Waals surface area contributed by atoms with Gasteiger partial charge in [-0.25, -0.2) is 8.78 Å². The van der Waals surface area contributed by atoms with Crippen LogP contribution in [-0.2, 0) is 0 Å². The van der Waals surface area contributed by atoms with E-state index in [4.69, 9.17) is 11.6 Å². The van der Waals surface area contributed by atoms with Gasteiger partial charge < -0.3 is 5.32 Å². The van der Waals surface area contributed by atoms with E-state index < -0.39 is 0 Å². The van der Waals surface area contributed by atoms with Gasteiger partial charge in [0, 0.05) is 21.7 Å². The molecule has 0 heterocycles. The zero-order valence-corrected chi connectivity index (χ0v) is 13.1. The maximum absolute atomic E-state index is 13.4. The van der Waals surface area contributed by atoms with E-state index in [2.05, 4.69) is 5.32 Å². The zero-order chi connectivity index (χ0) is 15.2. The van der Waals surface area contributed by atoms with Crippen LogP contribution in [0, 0.1) is 11.6 Å². The topological polar surface area (TPSA) is 12.0 Å². The van der Waals surface area contributed by atoms with Gasteiger partial charge in [-0.05, 0) is 54.6 Å². The van der Waals surface area contributed by atoms with E-state index in [1.54, 1.807) is 30.0 Å². The summed E-state index contributed by atoms with van der Waals surface area (Å²) in [6.45, 7) is 2.74. The van der Waals surface area contributed by atoms with Crippen LogP contribution in [0.25, 0.3) is 0 Å². The molecule has 2 rings (SSSR count). The van der Waals surface area contributed by atoms with Gasteiger partial charge in [0.1, 0.15) is 11.6 Å². The Hall–Kier alpha value is -1.10. The first-order chi connectivity index (χ1) is 10.1. The fourth-order valence-electron chi connectivity index (χ4n) is 2.00. The Bertz CT molecular complexity index is 589. The van der Waals surface area contributed by atoms with Crippen molar-refractivity contribution in [3.05, 3.63) is 64.7 Å².